The Balaban J connectivity index is 0.000000310. The Morgan fingerprint density at radius 3 is 1.57 bits per heavy atom. The average Bonchev–Trinajstić information content (AvgIpc) is 3.15. The van der Waals surface area contributed by atoms with Gasteiger partial charge in [-0.3, -0.25) is 4.79 Å². The highest BCUT2D eigenvalue weighted by atomic mass is 127. The lowest BCUT2D eigenvalue weighted by molar-refractivity contribution is -0.469. The summed E-state index contributed by atoms with van der Waals surface area (Å²) in [5.41, 5.74) is 5.82. The van der Waals surface area contributed by atoms with E-state index in [4.69, 9.17) is 24.2 Å². The van der Waals surface area contributed by atoms with Crippen LogP contribution in [-0.4, -0.2) is 62.8 Å². The van der Waals surface area contributed by atoms with Crippen molar-refractivity contribution in [2.24, 2.45) is 0 Å². The molecule has 0 aromatic heterocycles. The first-order chi connectivity index (χ1) is 24.6. The van der Waals surface area contributed by atoms with Gasteiger partial charge in [0.2, 0.25) is 6.29 Å². The predicted molar refractivity (Wildman–Crippen MR) is 205 cm³/mol. The molecule has 15 heteroatoms. The van der Waals surface area contributed by atoms with Crippen LogP contribution >= 0.6 is 45.2 Å². The predicted octanol–water partition coefficient (Wildman–Crippen LogP) is 5.85. The number of esters is 2. The highest BCUT2D eigenvalue weighted by Crippen LogP contribution is 2.28. The molecule has 0 atom stereocenters. The van der Waals surface area contributed by atoms with Crippen molar-refractivity contribution in [3.05, 3.63) is 120 Å². The van der Waals surface area contributed by atoms with Gasteiger partial charge < -0.3 is 38.8 Å². The van der Waals surface area contributed by atoms with E-state index in [1.165, 1.54) is 7.11 Å². The highest BCUT2D eigenvalue weighted by molar-refractivity contribution is 14.1. The first kappa shape index (κ1) is 42.7. The second-order valence-corrected chi connectivity index (χ2v) is 12.3. The van der Waals surface area contributed by atoms with Crippen molar-refractivity contribution < 1.29 is 52.8 Å². The van der Waals surface area contributed by atoms with Crippen molar-refractivity contribution in [1.29, 1.82) is 0 Å². The number of ether oxygens (including phenoxy) is 6. The number of hydrogen-bond donors (Lipinski definition) is 2. The number of methoxy groups -OCH3 is 4. The monoisotopic (exact) mass is 928 g/mol. The number of para-hydroxylation sites is 2. The number of carbonyl (C=O) groups is 3. The lowest BCUT2D eigenvalue weighted by Crippen LogP contribution is -2.14. The maximum absolute atomic E-state index is 11.9. The number of halogens is 2. The van der Waals surface area contributed by atoms with Crippen LogP contribution in [0.1, 0.15) is 22.3 Å². The molecule has 0 aliphatic heterocycles. The minimum Gasteiger partial charge on any atom is -0.623 e. The molecule has 0 spiro atoms. The van der Waals surface area contributed by atoms with E-state index in [9.17, 15) is 19.6 Å². The first-order valence-corrected chi connectivity index (χ1v) is 17.1. The molecule has 0 saturated heterocycles. The summed E-state index contributed by atoms with van der Waals surface area (Å²) in [6.45, 7) is 1.18. The molecule has 13 nitrogen and oxygen atoms in total. The lowest BCUT2D eigenvalue weighted by atomic mass is 10.2. The van der Waals surface area contributed by atoms with Gasteiger partial charge in [0, 0.05) is 12.1 Å². The molecule has 4 aromatic rings. The standard InChI is InChI=1S/C18H18INO5.C15H16INO3.C3H4O3/c1-23-15-8-6-13(7-9-15)12-25-18-14(4-3-5-16(18)19)10-20(22)11-17(21)24-2;1-19-13-7-5-11(6-8-13)10-20-15-12(9-17-18)3-2-4-14(15)16;1-6-3(5)2-4/h3-9,11H,10,12H2,1-2H3;2-8,17-18H,9-10H2,1H3;2H,1H3/b20-11-;;. The average molecular weight is 929 g/mol. The number of hydroxylamine groups is 2. The minimum absolute atomic E-state index is 0.0100. The quantitative estimate of drug-likeness (QED) is 0.0227. The van der Waals surface area contributed by atoms with E-state index in [2.05, 4.69) is 60.1 Å². The number of hydrogen-bond acceptors (Lipinski definition) is 12. The second kappa shape index (κ2) is 23.9. The number of nitrogens with one attached hydrogen (secondary N) is 1. The molecule has 0 amide bonds. The Labute approximate surface area is 323 Å². The fraction of sp³-hybridized carbons (Fsp3) is 0.222. The van der Waals surface area contributed by atoms with Gasteiger partial charge in [-0.05, 0) is 98.8 Å². The molecular weight excluding hydrogens is 890 g/mol. The van der Waals surface area contributed by atoms with Crippen LogP contribution in [0.3, 0.4) is 0 Å². The molecule has 0 fully saturated rings. The molecule has 0 saturated carbocycles. The Kier molecular flexibility index (Phi) is 20.0. The van der Waals surface area contributed by atoms with E-state index in [0.29, 0.717) is 35.8 Å². The molecule has 0 heterocycles. The molecule has 2 N–H and O–H groups in total. The van der Waals surface area contributed by atoms with Crippen molar-refractivity contribution in [2.75, 3.05) is 28.4 Å². The summed E-state index contributed by atoms with van der Waals surface area (Å²) in [5.74, 6) is 1.49. The van der Waals surface area contributed by atoms with E-state index in [1.807, 2.05) is 78.9 Å². The minimum atomic E-state index is -0.838. The largest absolute Gasteiger partial charge is 0.623 e. The number of rotatable bonds is 14. The third-order valence-corrected chi connectivity index (χ3v) is 8.22. The molecule has 4 rings (SSSR count). The Morgan fingerprint density at radius 2 is 1.18 bits per heavy atom. The summed E-state index contributed by atoms with van der Waals surface area (Å²) in [5, 5.41) is 20.7. The lowest BCUT2D eigenvalue weighted by Gasteiger charge is -2.13. The third-order valence-electron chi connectivity index (χ3n) is 6.53. The summed E-state index contributed by atoms with van der Waals surface area (Å²) in [4.78, 5) is 30.0. The van der Waals surface area contributed by atoms with E-state index >= 15 is 0 Å². The maximum Gasteiger partial charge on any atom is 0.396 e. The van der Waals surface area contributed by atoms with Crippen LogP contribution < -0.4 is 24.4 Å². The van der Waals surface area contributed by atoms with Crippen molar-refractivity contribution >= 4 is 69.6 Å². The van der Waals surface area contributed by atoms with Gasteiger partial charge in [0.05, 0.1) is 41.1 Å². The molecule has 0 radical (unpaired) electrons. The summed E-state index contributed by atoms with van der Waals surface area (Å²) >= 11 is 4.38. The molecule has 0 bridgehead atoms. The van der Waals surface area contributed by atoms with E-state index in [1.54, 1.807) is 20.3 Å². The topological polar surface area (TPSA) is 165 Å². The van der Waals surface area contributed by atoms with Gasteiger partial charge in [-0.2, -0.15) is 0 Å². The van der Waals surface area contributed by atoms with Gasteiger partial charge in [-0.15, -0.1) is 0 Å². The van der Waals surface area contributed by atoms with Crippen LogP contribution in [0.4, 0.5) is 0 Å². The van der Waals surface area contributed by atoms with Crippen molar-refractivity contribution in [2.45, 2.75) is 26.3 Å². The fourth-order valence-corrected chi connectivity index (χ4v) is 5.39. The van der Waals surface area contributed by atoms with Gasteiger partial charge in [-0.25, -0.2) is 19.8 Å². The molecule has 0 unspecified atom stereocenters. The molecular formula is C36H38I2N2O11. The van der Waals surface area contributed by atoms with Crippen LogP contribution in [0.15, 0.2) is 84.9 Å². The number of aldehydes is 1. The van der Waals surface area contributed by atoms with Gasteiger partial charge in [0.25, 0.3) is 6.21 Å². The Hall–Kier alpha value is -4.46. The van der Waals surface area contributed by atoms with Crippen molar-refractivity contribution in [1.82, 2.24) is 5.48 Å². The zero-order chi connectivity index (χ0) is 37.6. The number of nitrogens with zero attached hydrogens (tertiary/aromatic N) is 1. The van der Waals surface area contributed by atoms with Crippen LogP contribution in [0.2, 0.25) is 0 Å². The van der Waals surface area contributed by atoms with Gasteiger partial charge >= 0.3 is 11.9 Å². The molecule has 0 aliphatic rings. The van der Waals surface area contributed by atoms with Crippen LogP contribution in [0.5, 0.6) is 23.0 Å². The Morgan fingerprint density at radius 1 is 0.725 bits per heavy atom. The normalized spacial score (nSPS) is 10.3. The molecule has 272 valence electrons. The molecule has 51 heavy (non-hydrogen) atoms. The van der Waals surface area contributed by atoms with Gasteiger partial charge in [-0.1, -0.05) is 42.5 Å². The smallest absolute Gasteiger partial charge is 0.396 e. The maximum atomic E-state index is 11.9. The fourth-order valence-electron chi connectivity index (χ4n) is 3.97. The van der Waals surface area contributed by atoms with Gasteiger partial charge in [0.1, 0.15) is 36.2 Å². The summed E-state index contributed by atoms with van der Waals surface area (Å²) in [7, 11) is 5.63. The third kappa shape index (κ3) is 15.5. The number of benzene rings is 4. The zero-order valence-corrected chi connectivity index (χ0v) is 32.6. The molecule has 0 aliphatic carbocycles. The van der Waals surface area contributed by atoms with Crippen LogP contribution in [0, 0.1) is 12.3 Å². The zero-order valence-electron chi connectivity index (χ0n) is 28.3. The Bertz CT molecular complexity index is 1720. The summed E-state index contributed by atoms with van der Waals surface area (Å²) in [6, 6.07) is 26.7. The summed E-state index contributed by atoms with van der Waals surface area (Å²) in [6.07, 6.45) is 0.979. The van der Waals surface area contributed by atoms with Crippen molar-refractivity contribution in [3.8, 4) is 23.0 Å². The van der Waals surface area contributed by atoms with Gasteiger partial charge in [0.15, 0.2) is 6.54 Å². The van der Waals surface area contributed by atoms with E-state index in [-0.39, 0.29) is 12.8 Å². The van der Waals surface area contributed by atoms with E-state index in [0.717, 1.165) is 54.4 Å². The van der Waals surface area contributed by atoms with Crippen LogP contribution in [0.25, 0.3) is 0 Å². The second-order valence-electron chi connectivity index (χ2n) is 9.93. The first-order valence-electron chi connectivity index (χ1n) is 14.9. The number of carbonyl (C=O) groups excluding carboxylic acids is 3. The molecule has 4 aromatic carbocycles. The van der Waals surface area contributed by atoms with Crippen LogP contribution in [-0.2, 0) is 50.2 Å². The van der Waals surface area contributed by atoms with Crippen molar-refractivity contribution in [3.63, 3.8) is 0 Å². The summed E-state index contributed by atoms with van der Waals surface area (Å²) < 4.78 is 32.8. The highest BCUT2D eigenvalue weighted by Gasteiger charge is 2.13. The SMILES string of the molecule is COC(=O)/C=[N+](\[O-])Cc1cccc(I)c1OCc1ccc(OC)cc1.COC(=O)C=O.COc1ccc(COc2c(I)cccc2CNO)cc1. The van der Waals surface area contributed by atoms with E-state index < -0.39 is 11.9 Å².